The highest BCUT2D eigenvalue weighted by Crippen LogP contribution is 2.24. The first-order valence-electron chi connectivity index (χ1n) is 8.39. The van der Waals surface area contributed by atoms with Gasteiger partial charge in [0.15, 0.2) is 5.96 Å². The lowest BCUT2D eigenvalue weighted by Crippen LogP contribution is -2.41. The molecule has 1 aromatic carbocycles. The standard InChI is InChI=1S/C17H20ClF2N5O3S.HI/c1-21-17(23-7-8-25-29(26,27)14-3-2-6-22-11-14)24-10-12-9-13(18)4-5-15(12)28-16(19)20;/h2-6,9,11,16,25H,7-8,10H2,1H3,(H2,21,23,24);1H. The summed E-state index contributed by atoms with van der Waals surface area (Å²) in [5, 5.41) is 6.21. The molecule has 0 saturated carbocycles. The van der Waals surface area contributed by atoms with Gasteiger partial charge in [-0.25, -0.2) is 13.1 Å². The molecule has 0 bridgehead atoms. The van der Waals surface area contributed by atoms with E-state index in [1.54, 1.807) is 0 Å². The second kappa shape index (κ2) is 12.8. The van der Waals surface area contributed by atoms with Gasteiger partial charge in [0.05, 0.1) is 0 Å². The predicted octanol–water partition coefficient (Wildman–Crippen LogP) is 2.60. The lowest BCUT2D eigenvalue weighted by Gasteiger charge is -2.15. The van der Waals surface area contributed by atoms with Crippen LogP contribution in [0.15, 0.2) is 52.6 Å². The van der Waals surface area contributed by atoms with E-state index in [9.17, 15) is 17.2 Å². The van der Waals surface area contributed by atoms with Gasteiger partial charge in [-0.1, -0.05) is 11.6 Å². The predicted molar refractivity (Wildman–Crippen MR) is 121 cm³/mol. The van der Waals surface area contributed by atoms with Crippen molar-refractivity contribution in [2.75, 3.05) is 20.1 Å². The number of nitrogens with zero attached hydrogens (tertiary/aromatic N) is 2. The van der Waals surface area contributed by atoms with Gasteiger partial charge in [0.25, 0.3) is 0 Å². The minimum atomic E-state index is -3.66. The number of aromatic nitrogens is 1. The molecule has 0 aliphatic carbocycles. The van der Waals surface area contributed by atoms with Gasteiger partial charge in [-0.05, 0) is 30.3 Å². The molecule has 0 unspecified atom stereocenters. The fourth-order valence-corrected chi connectivity index (χ4v) is 3.44. The number of hydrogen-bond acceptors (Lipinski definition) is 5. The number of ether oxygens (including phenoxy) is 1. The third kappa shape index (κ3) is 8.53. The number of halogens is 4. The monoisotopic (exact) mass is 575 g/mol. The molecule has 0 aliphatic heterocycles. The van der Waals surface area contributed by atoms with E-state index in [0.717, 1.165) is 0 Å². The first-order chi connectivity index (χ1) is 13.8. The van der Waals surface area contributed by atoms with Gasteiger partial charge in [0, 0.05) is 49.7 Å². The molecular formula is C17H21ClF2IN5O3S. The molecule has 0 amide bonds. The van der Waals surface area contributed by atoms with Crippen LogP contribution >= 0.6 is 35.6 Å². The number of aliphatic imine (C=N–C) groups is 1. The van der Waals surface area contributed by atoms with E-state index < -0.39 is 16.6 Å². The van der Waals surface area contributed by atoms with E-state index in [0.29, 0.717) is 16.5 Å². The number of sulfonamides is 1. The van der Waals surface area contributed by atoms with Gasteiger partial charge in [0.1, 0.15) is 10.6 Å². The molecule has 2 aromatic rings. The third-order valence-corrected chi connectivity index (χ3v) is 5.24. The van der Waals surface area contributed by atoms with Crippen LogP contribution in [-0.4, -0.2) is 46.1 Å². The first kappa shape index (κ1) is 26.3. The Labute approximate surface area is 195 Å². The second-order valence-electron chi connectivity index (χ2n) is 5.57. The average Bonchev–Trinajstić information content (AvgIpc) is 2.69. The van der Waals surface area contributed by atoms with Crippen LogP contribution in [0.4, 0.5) is 8.78 Å². The number of benzene rings is 1. The summed E-state index contributed by atoms with van der Waals surface area (Å²) in [6, 6.07) is 7.27. The smallest absolute Gasteiger partial charge is 0.387 e. The Hall–Kier alpha value is -1.77. The van der Waals surface area contributed by atoms with Crippen molar-refractivity contribution in [3.05, 3.63) is 53.3 Å². The van der Waals surface area contributed by atoms with Crippen LogP contribution in [-0.2, 0) is 16.6 Å². The highest BCUT2D eigenvalue weighted by Gasteiger charge is 2.13. The van der Waals surface area contributed by atoms with Crippen LogP contribution in [0.3, 0.4) is 0 Å². The molecule has 0 aliphatic rings. The van der Waals surface area contributed by atoms with E-state index in [1.807, 2.05) is 0 Å². The molecular weight excluding hydrogens is 555 g/mol. The molecule has 0 fully saturated rings. The zero-order valence-corrected chi connectivity index (χ0v) is 19.7. The molecule has 0 atom stereocenters. The van der Waals surface area contributed by atoms with Crippen LogP contribution in [0, 0.1) is 0 Å². The number of alkyl halides is 2. The summed E-state index contributed by atoms with van der Waals surface area (Å²) in [6.07, 6.45) is 2.73. The lowest BCUT2D eigenvalue weighted by molar-refractivity contribution is -0.0504. The zero-order valence-electron chi connectivity index (χ0n) is 15.8. The summed E-state index contributed by atoms with van der Waals surface area (Å²) >= 11 is 5.91. The molecule has 1 heterocycles. The van der Waals surface area contributed by atoms with Gasteiger partial charge in [-0.15, -0.1) is 24.0 Å². The van der Waals surface area contributed by atoms with Gasteiger partial charge in [-0.2, -0.15) is 8.78 Å². The van der Waals surface area contributed by atoms with E-state index in [2.05, 4.69) is 30.1 Å². The molecule has 1 aromatic heterocycles. The van der Waals surface area contributed by atoms with Crippen molar-refractivity contribution >= 4 is 51.6 Å². The lowest BCUT2D eigenvalue weighted by atomic mass is 10.2. The van der Waals surface area contributed by atoms with E-state index in [4.69, 9.17) is 11.6 Å². The maximum atomic E-state index is 12.5. The largest absolute Gasteiger partial charge is 0.434 e. The van der Waals surface area contributed by atoms with Gasteiger partial charge >= 0.3 is 6.61 Å². The summed E-state index contributed by atoms with van der Waals surface area (Å²) in [5.41, 5.74) is 0.415. The van der Waals surface area contributed by atoms with Crippen molar-refractivity contribution < 1.29 is 21.9 Å². The average molecular weight is 576 g/mol. The van der Waals surface area contributed by atoms with Crippen molar-refractivity contribution in [1.29, 1.82) is 0 Å². The Kier molecular flexibility index (Phi) is 11.2. The summed E-state index contributed by atoms with van der Waals surface area (Å²) in [7, 11) is -2.14. The SMILES string of the molecule is CN=C(NCCNS(=O)(=O)c1cccnc1)NCc1cc(Cl)ccc1OC(F)F.I. The first-order valence-corrected chi connectivity index (χ1v) is 10.3. The van der Waals surface area contributed by atoms with E-state index in [-0.39, 0.29) is 54.3 Å². The van der Waals surface area contributed by atoms with Crippen LogP contribution in [0.25, 0.3) is 0 Å². The maximum Gasteiger partial charge on any atom is 0.387 e. The third-order valence-electron chi connectivity index (χ3n) is 3.56. The number of rotatable bonds is 9. The summed E-state index contributed by atoms with van der Waals surface area (Å²) in [6.45, 7) is -2.52. The van der Waals surface area contributed by atoms with Gasteiger partial charge in [0.2, 0.25) is 10.0 Å². The van der Waals surface area contributed by atoms with E-state index in [1.165, 1.54) is 49.8 Å². The molecule has 2 rings (SSSR count). The molecule has 8 nitrogen and oxygen atoms in total. The topological polar surface area (TPSA) is 105 Å². The molecule has 166 valence electrons. The second-order valence-corrected chi connectivity index (χ2v) is 7.77. The summed E-state index contributed by atoms with van der Waals surface area (Å²) in [5.74, 6) is 0.338. The fraction of sp³-hybridized carbons (Fsp3) is 0.294. The van der Waals surface area contributed by atoms with Crippen molar-refractivity contribution in [2.45, 2.75) is 18.1 Å². The highest BCUT2D eigenvalue weighted by atomic mass is 127. The van der Waals surface area contributed by atoms with Crippen LogP contribution in [0.2, 0.25) is 5.02 Å². The maximum absolute atomic E-state index is 12.5. The fourth-order valence-electron chi connectivity index (χ4n) is 2.25. The van der Waals surface area contributed by atoms with E-state index >= 15 is 0 Å². The number of guanidine groups is 1. The quantitative estimate of drug-likeness (QED) is 0.184. The van der Waals surface area contributed by atoms with Gasteiger partial charge in [-0.3, -0.25) is 9.98 Å². The van der Waals surface area contributed by atoms with Crippen LogP contribution < -0.4 is 20.1 Å². The molecule has 30 heavy (non-hydrogen) atoms. The number of pyridine rings is 1. The Morgan fingerprint density at radius 1 is 1.27 bits per heavy atom. The van der Waals surface area contributed by atoms with Crippen molar-refractivity contribution in [3.8, 4) is 5.75 Å². The minimum Gasteiger partial charge on any atom is -0.434 e. The van der Waals surface area contributed by atoms with Crippen LogP contribution in [0.5, 0.6) is 5.75 Å². The van der Waals surface area contributed by atoms with Crippen molar-refractivity contribution in [3.63, 3.8) is 0 Å². The molecule has 3 N–H and O–H groups in total. The van der Waals surface area contributed by atoms with Crippen molar-refractivity contribution in [2.24, 2.45) is 4.99 Å². The Bertz CT molecular complexity index is 936. The van der Waals surface area contributed by atoms with Crippen LogP contribution in [0.1, 0.15) is 5.56 Å². The molecule has 0 spiro atoms. The molecule has 0 saturated heterocycles. The molecule has 13 heteroatoms. The minimum absolute atomic E-state index is 0. The zero-order chi connectivity index (χ0) is 21.3. The summed E-state index contributed by atoms with van der Waals surface area (Å²) < 4.78 is 56.1. The molecule has 0 radical (unpaired) electrons. The number of hydrogen-bond donors (Lipinski definition) is 3. The summed E-state index contributed by atoms with van der Waals surface area (Å²) in [4.78, 5) is 7.83. The Morgan fingerprint density at radius 3 is 2.67 bits per heavy atom. The normalized spacial score (nSPS) is 11.7. The van der Waals surface area contributed by atoms with Gasteiger partial charge < -0.3 is 15.4 Å². The highest BCUT2D eigenvalue weighted by molar-refractivity contribution is 14.0. The number of nitrogens with one attached hydrogen (secondary N) is 3. The Balaban J connectivity index is 0.00000450. The van der Waals surface area contributed by atoms with Crippen molar-refractivity contribution in [1.82, 2.24) is 20.3 Å². The Morgan fingerprint density at radius 2 is 2.03 bits per heavy atom.